The monoisotopic (exact) mass is 303 g/mol. The second-order valence-electron chi connectivity index (χ2n) is 5.05. The maximum absolute atomic E-state index is 6.20. The molecule has 0 saturated heterocycles. The summed E-state index contributed by atoms with van der Waals surface area (Å²) in [6.07, 6.45) is 3.23. The van der Waals surface area contributed by atoms with Crippen molar-refractivity contribution in [2.45, 2.75) is 26.2 Å². The molecule has 21 heavy (non-hydrogen) atoms. The molecule has 0 atom stereocenters. The quantitative estimate of drug-likeness (QED) is 0.935. The Balaban J connectivity index is 2.06. The molecular formula is C16H18ClN3O. The maximum Gasteiger partial charge on any atom is 0.161 e. The van der Waals surface area contributed by atoms with Gasteiger partial charge in [-0.1, -0.05) is 11.6 Å². The third-order valence-electron chi connectivity index (χ3n) is 3.69. The number of hydrogen-bond acceptors (Lipinski definition) is 4. The molecule has 0 saturated carbocycles. The number of halogens is 1. The molecule has 0 unspecified atom stereocenters. The van der Waals surface area contributed by atoms with Gasteiger partial charge in [0.05, 0.1) is 12.1 Å². The van der Waals surface area contributed by atoms with Gasteiger partial charge in [-0.25, -0.2) is 9.97 Å². The fraction of sp³-hybridized carbons (Fsp3) is 0.375. The molecule has 1 aromatic carbocycles. The number of nitrogens with zero attached hydrogens (tertiary/aromatic N) is 2. The topological polar surface area (TPSA) is 47.0 Å². The first kappa shape index (κ1) is 14.1. The van der Waals surface area contributed by atoms with Gasteiger partial charge in [0.2, 0.25) is 0 Å². The van der Waals surface area contributed by atoms with Crippen LogP contribution >= 0.6 is 11.6 Å². The van der Waals surface area contributed by atoms with Crippen LogP contribution in [0.1, 0.15) is 24.6 Å². The highest BCUT2D eigenvalue weighted by Gasteiger charge is 2.19. The lowest BCUT2D eigenvalue weighted by Gasteiger charge is -2.11. The van der Waals surface area contributed by atoms with E-state index in [1.54, 1.807) is 7.11 Å². The Labute approximate surface area is 129 Å². The first-order valence-corrected chi connectivity index (χ1v) is 7.58. The lowest BCUT2D eigenvalue weighted by molar-refractivity contribution is 0.415. The first-order chi connectivity index (χ1) is 10.2. The third-order valence-corrected chi connectivity index (χ3v) is 3.98. The van der Waals surface area contributed by atoms with Crippen LogP contribution in [0.25, 0.3) is 11.4 Å². The predicted molar refractivity (Wildman–Crippen MR) is 85.2 cm³/mol. The number of methoxy groups -OCH3 is 1. The molecule has 1 N–H and O–H groups in total. The molecular weight excluding hydrogens is 286 g/mol. The Morgan fingerprint density at radius 1 is 1.29 bits per heavy atom. The normalized spacial score (nSPS) is 13.1. The van der Waals surface area contributed by atoms with Crippen LogP contribution < -0.4 is 10.1 Å². The van der Waals surface area contributed by atoms with Gasteiger partial charge in [0.1, 0.15) is 11.6 Å². The van der Waals surface area contributed by atoms with Crippen LogP contribution in [-0.2, 0) is 12.8 Å². The smallest absolute Gasteiger partial charge is 0.161 e. The summed E-state index contributed by atoms with van der Waals surface area (Å²) in [5.41, 5.74) is 3.33. The Bertz CT molecular complexity index is 673. The van der Waals surface area contributed by atoms with Gasteiger partial charge in [0.25, 0.3) is 0 Å². The molecule has 0 spiro atoms. The number of ether oxygens (including phenoxy) is 1. The molecule has 4 nitrogen and oxygen atoms in total. The number of anilines is 1. The minimum atomic E-state index is 0.573. The van der Waals surface area contributed by atoms with Crippen LogP contribution in [0.2, 0.25) is 5.02 Å². The van der Waals surface area contributed by atoms with Gasteiger partial charge in [0.15, 0.2) is 5.82 Å². The number of rotatable bonds is 4. The van der Waals surface area contributed by atoms with Gasteiger partial charge in [-0.3, -0.25) is 0 Å². The average molecular weight is 304 g/mol. The van der Waals surface area contributed by atoms with Crippen molar-refractivity contribution in [3.63, 3.8) is 0 Å². The minimum absolute atomic E-state index is 0.573. The van der Waals surface area contributed by atoms with E-state index >= 15 is 0 Å². The van der Waals surface area contributed by atoms with Gasteiger partial charge in [0, 0.05) is 23.4 Å². The van der Waals surface area contributed by atoms with E-state index in [4.69, 9.17) is 21.3 Å². The van der Waals surface area contributed by atoms with Crippen LogP contribution in [0.15, 0.2) is 18.2 Å². The van der Waals surface area contributed by atoms with E-state index in [2.05, 4.69) is 17.2 Å². The minimum Gasteiger partial charge on any atom is -0.495 e. The maximum atomic E-state index is 6.20. The number of nitrogens with one attached hydrogen (secondary N) is 1. The standard InChI is InChI=1S/C16H18ClN3O/c1-3-18-16-11-5-4-6-13(11)19-15(20-16)10-7-8-14(21-2)12(17)9-10/h7-9H,3-6H2,1-2H3,(H,18,19,20). The number of aromatic nitrogens is 2. The van der Waals surface area contributed by atoms with Crippen molar-refractivity contribution < 1.29 is 4.74 Å². The first-order valence-electron chi connectivity index (χ1n) is 7.20. The summed E-state index contributed by atoms with van der Waals surface area (Å²) in [7, 11) is 1.61. The highest BCUT2D eigenvalue weighted by Crippen LogP contribution is 2.32. The van der Waals surface area contributed by atoms with Crippen LogP contribution in [0.5, 0.6) is 5.75 Å². The summed E-state index contributed by atoms with van der Waals surface area (Å²) < 4.78 is 5.19. The van der Waals surface area contributed by atoms with E-state index < -0.39 is 0 Å². The Morgan fingerprint density at radius 3 is 2.86 bits per heavy atom. The molecule has 0 aliphatic heterocycles. The van der Waals surface area contributed by atoms with Gasteiger partial charge < -0.3 is 10.1 Å². The second kappa shape index (κ2) is 5.90. The highest BCUT2D eigenvalue weighted by molar-refractivity contribution is 6.32. The van der Waals surface area contributed by atoms with Crippen molar-refractivity contribution in [2.24, 2.45) is 0 Å². The number of aryl methyl sites for hydroxylation is 1. The van der Waals surface area contributed by atoms with Crippen molar-refractivity contribution in [3.8, 4) is 17.1 Å². The third kappa shape index (κ3) is 2.68. The molecule has 0 radical (unpaired) electrons. The van der Waals surface area contributed by atoms with E-state index in [1.165, 1.54) is 5.56 Å². The summed E-state index contributed by atoms with van der Waals surface area (Å²) in [4.78, 5) is 9.39. The Kier molecular flexibility index (Phi) is 3.97. The van der Waals surface area contributed by atoms with Gasteiger partial charge >= 0.3 is 0 Å². The van der Waals surface area contributed by atoms with E-state index in [0.29, 0.717) is 10.8 Å². The summed E-state index contributed by atoms with van der Waals surface area (Å²) in [6, 6.07) is 5.64. The molecule has 2 aromatic rings. The lowest BCUT2D eigenvalue weighted by atomic mass is 10.1. The van der Waals surface area contributed by atoms with E-state index in [9.17, 15) is 0 Å². The van der Waals surface area contributed by atoms with Crippen molar-refractivity contribution in [3.05, 3.63) is 34.5 Å². The second-order valence-corrected chi connectivity index (χ2v) is 5.46. The molecule has 5 heteroatoms. The predicted octanol–water partition coefficient (Wildman–Crippen LogP) is 3.73. The van der Waals surface area contributed by atoms with Crippen molar-refractivity contribution >= 4 is 17.4 Å². The molecule has 1 aromatic heterocycles. The molecule has 110 valence electrons. The zero-order valence-electron chi connectivity index (χ0n) is 12.2. The lowest BCUT2D eigenvalue weighted by Crippen LogP contribution is -2.06. The van der Waals surface area contributed by atoms with Crippen LogP contribution in [0, 0.1) is 0 Å². The summed E-state index contributed by atoms with van der Waals surface area (Å²) in [5, 5.41) is 3.92. The summed E-state index contributed by atoms with van der Waals surface area (Å²) >= 11 is 6.20. The van der Waals surface area contributed by atoms with Crippen LogP contribution in [-0.4, -0.2) is 23.6 Å². The van der Waals surface area contributed by atoms with Crippen molar-refractivity contribution in [2.75, 3.05) is 19.0 Å². The number of hydrogen-bond donors (Lipinski definition) is 1. The number of benzene rings is 1. The molecule has 1 aliphatic carbocycles. The number of fused-ring (bicyclic) bond motifs is 1. The van der Waals surface area contributed by atoms with Gasteiger partial charge in [-0.15, -0.1) is 0 Å². The zero-order chi connectivity index (χ0) is 14.8. The molecule has 1 aliphatic rings. The molecule has 0 fully saturated rings. The Morgan fingerprint density at radius 2 is 2.14 bits per heavy atom. The van der Waals surface area contributed by atoms with Crippen LogP contribution in [0.3, 0.4) is 0 Å². The highest BCUT2D eigenvalue weighted by atomic mass is 35.5. The molecule has 3 rings (SSSR count). The SMILES string of the molecule is CCNc1nc(-c2ccc(OC)c(Cl)c2)nc2c1CCC2. The zero-order valence-corrected chi connectivity index (χ0v) is 13.0. The molecule has 1 heterocycles. The largest absolute Gasteiger partial charge is 0.495 e. The van der Waals surface area contributed by atoms with E-state index in [0.717, 1.165) is 48.7 Å². The summed E-state index contributed by atoms with van der Waals surface area (Å²) in [5.74, 6) is 2.34. The van der Waals surface area contributed by atoms with Crippen LogP contribution in [0.4, 0.5) is 5.82 Å². The van der Waals surface area contributed by atoms with E-state index in [1.807, 2.05) is 18.2 Å². The van der Waals surface area contributed by atoms with E-state index in [-0.39, 0.29) is 0 Å². The van der Waals surface area contributed by atoms with Crippen molar-refractivity contribution in [1.82, 2.24) is 9.97 Å². The fourth-order valence-electron chi connectivity index (χ4n) is 2.68. The molecule has 0 amide bonds. The van der Waals surface area contributed by atoms with Crippen molar-refractivity contribution in [1.29, 1.82) is 0 Å². The average Bonchev–Trinajstić information content (AvgIpc) is 2.96. The van der Waals surface area contributed by atoms with Gasteiger partial charge in [-0.2, -0.15) is 0 Å². The Hall–Kier alpha value is -1.81. The van der Waals surface area contributed by atoms with Gasteiger partial charge in [-0.05, 0) is 44.4 Å². The summed E-state index contributed by atoms with van der Waals surface area (Å²) in [6.45, 7) is 2.93. The fourth-order valence-corrected chi connectivity index (χ4v) is 2.94. The molecule has 0 bridgehead atoms.